The quantitative estimate of drug-likeness (QED) is 0.701. The highest BCUT2D eigenvalue weighted by Gasteiger charge is 2.30. The Hall–Kier alpha value is -2.05. The Morgan fingerprint density at radius 1 is 1.29 bits per heavy atom. The second-order valence-electron chi connectivity index (χ2n) is 5.31. The minimum Gasteiger partial charge on any atom is -0.490 e. The minimum absolute atomic E-state index is 0.111. The third-order valence-corrected chi connectivity index (χ3v) is 3.59. The zero-order valence-electron chi connectivity index (χ0n) is 14.2. The molecule has 1 amide bonds. The Morgan fingerprint density at radius 3 is 2.83 bits per heavy atom. The number of ether oxygens (including phenoxy) is 4. The van der Waals surface area contributed by atoms with Crippen LogP contribution in [0, 0.1) is 0 Å². The highest BCUT2D eigenvalue weighted by atomic mass is 16.5. The smallest absolute Gasteiger partial charge is 0.251 e. The van der Waals surface area contributed by atoms with Crippen molar-refractivity contribution in [1.82, 2.24) is 5.32 Å². The van der Waals surface area contributed by atoms with Crippen molar-refractivity contribution in [2.45, 2.75) is 26.0 Å². The molecule has 2 atom stereocenters. The lowest BCUT2D eigenvalue weighted by Crippen LogP contribution is -2.43. The maximum absolute atomic E-state index is 12.5. The zero-order valence-corrected chi connectivity index (χ0v) is 14.2. The maximum atomic E-state index is 12.5. The van der Waals surface area contributed by atoms with Crippen molar-refractivity contribution in [3.05, 3.63) is 36.4 Å². The number of rotatable bonds is 9. The average molecular weight is 335 g/mol. The van der Waals surface area contributed by atoms with Gasteiger partial charge in [-0.05, 0) is 32.0 Å². The first kappa shape index (κ1) is 18.3. The first-order valence-corrected chi connectivity index (χ1v) is 8.20. The van der Waals surface area contributed by atoms with Crippen LogP contribution in [0.2, 0.25) is 0 Å². The predicted molar refractivity (Wildman–Crippen MR) is 90.8 cm³/mol. The average Bonchev–Trinajstić information content (AvgIpc) is 3.01. The van der Waals surface area contributed by atoms with Gasteiger partial charge in [-0.15, -0.1) is 0 Å². The summed E-state index contributed by atoms with van der Waals surface area (Å²) in [4.78, 5) is 12.5. The van der Waals surface area contributed by atoms with Gasteiger partial charge in [-0.1, -0.05) is 12.7 Å². The summed E-state index contributed by atoms with van der Waals surface area (Å²) in [6.45, 7) is 9.83. The van der Waals surface area contributed by atoms with Gasteiger partial charge in [0.2, 0.25) is 0 Å². The SMILES string of the molecule is C=CCOc1ccc(C(=O)N[C@H]2COC[C@@H]2OCC)cc1OCC. The Kier molecular flexibility index (Phi) is 7.08. The van der Waals surface area contributed by atoms with Gasteiger partial charge in [0.1, 0.15) is 12.7 Å². The third kappa shape index (κ3) is 4.72. The molecule has 1 aliphatic rings. The Morgan fingerprint density at radius 2 is 2.12 bits per heavy atom. The first-order chi connectivity index (χ1) is 11.7. The van der Waals surface area contributed by atoms with Crippen LogP contribution < -0.4 is 14.8 Å². The number of carbonyl (C=O) groups is 1. The summed E-state index contributed by atoms with van der Waals surface area (Å²) in [5.74, 6) is 0.937. The van der Waals surface area contributed by atoms with E-state index in [1.54, 1.807) is 24.3 Å². The molecule has 1 N–H and O–H groups in total. The molecule has 1 saturated heterocycles. The number of amides is 1. The van der Waals surface area contributed by atoms with Gasteiger partial charge in [0.15, 0.2) is 11.5 Å². The molecule has 0 aromatic heterocycles. The molecular weight excluding hydrogens is 310 g/mol. The summed E-state index contributed by atoms with van der Waals surface area (Å²) in [7, 11) is 0. The van der Waals surface area contributed by atoms with E-state index in [1.165, 1.54) is 0 Å². The normalized spacial score (nSPS) is 19.8. The van der Waals surface area contributed by atoms with Crippen molar-refractivity contribution in [3.63, 3.8) is 0 Å². The maximum Gasteiger partial charge on any atom is 0.251 e. The van der Waals surface area contributed by atoms with Crippen LogP contribution in [-0.4, -0.2) is 51.1 Å². The van der Waals surface area contributed by atoms with Gasteiger partial charge in [0, 0.05) is 12.2 Å². The fraction of sp³-hybridized carbons (Fsp3) is 0.500. The van der Waals surface area contributed by atoms with Gasteiger partial charge in [-0.3, -0.25) is 4.79 Å². The van der Waals surface area contributed by atoms with Gasteiger partial charge < -0.3 is 24.3 Å². The second kappa shape index (κ2) is 9.30. The van der Waals surface area contributed by atoms with Gasteiger partial charge in [-0.2, -0.15) is 0 Å². The van der Waals surface area contributed by atoms with Gasteiger partial charge in [-0.25, -0.2) is 0 Å². The summed E-state index contributed by atoms with van der Waals surface area (Å²) < 4.78 is 22.1. The van der Waals surface area contributed by atoms with E-state index in [2.05, 4.69) is 11.9 Å². The van der Waals surface area contributed by atoms with Crippen LogP contribution in [0.1, 0.15) is 24.2 Å². The van der Waals surface area contributed by atoms with Crippen molar-refractivity contribution in [3.8, 4) is 11.5 Å². The molecule has 0 unspecified atom stereocenters. The first-order valence-electron chi connectivity index (χ1n) is 8.20. The summed E-state index contributed by atoms with van der Waals surface area (Å²) in [5.41, 5.74) is 0.506. The van der Waals surface area contributed by atoms with Crippen LogP contribution in [0.25, 0.3) is 0 Å². The molecule has 1 aromatic rings. The molecule has 6 heteroatoms. The van der Waals surface area contributed by atoms with E-state index in [0.29, 0.717) is 50.1 Å². The molecule has 0 bridgehead atoms. The van der Waals surface area contributed by atoms with E-state index in [9.17, 15) is 4.79 Å². The van der Waals surface area contributed by atoms with E-state index < -0.39 is 0 Å². The fourth-order valence-corrected chi connectivity index (χ4v) is 2.48. The largest absolute Gasteiger partial charge is 0.490 e. The van der Waals surface area contributed by atoms with Crippen LogP contribution in [0.15, 0.2) is 30.9 Å². The summed E-state index contributed by atoms with van der Waals surface area (Å²) in [6, 6.07) is 4.98. The van der Waals surface area contributed by atoms with Crippen molar-refractivity contribution in [1.29, 1.82) is 0 Å². The molecule has 0 aliphatic carbocycles. The van der Waals surface area contributed by atoms with Crippen LogP contribution in [0.4, 0.5) is 0 Å². The third-order valence-electron chi connectivity index (χ3n) is 3.59. The minimum atomic E-state index is -0.188. The number of nitrogens with one attached hydrogen (secondary N) is 1. The molecular formula is C18H25NO5. The predicted octanol–water partition coefficient (Wildman–Crippen LogP) is 2.18. The monoisotopic (exact) mass is 335 g/mol. The Bertz CT molecular complexity index is 560. The lowest BCUT2D eigenvalue weighted by Gasteiger charge is -2.19. The molecule has 1 heterocycles. The molecule has 1 fully saturated rings. The number of hydrogen-bond donors (Lipinski definition) is 1. The summed E-state index contributed by atoms with van der Waals surface area (Å²) in [5, 5.41) is 2.96. The Labute approximate surface area is 142 Å². The molecule has 0 radical (unpaired) electrons. The summed E-state index contributed by atoms with van der Waals surface area (Å²) in [6.07, 6.45) is 1.55. The number of carbonyl (C=O) groups excluding carboxylic acids is 1. The van der Waals surface area contributed by atoms with Gasteiger partial charge in [0.25, 0.3) is 5.91 Å². The zero-order chi connectivity index (χ0) is 17.4. The van der Waals surface area contributed by atoms with E-state index in [1.807, 2.05) is 13.8 Å². The molecule has 24 heavy (non-hydrogen) atoms. The lowest BCUT2D eigenvalue weighted by molar-refractivity contribution is 0.0402. The fourth-order valence-electron chi connectivity index (χ4n) is 2.48. The molecule has 1 aliphatic heterocycles. The van der Waals surface area contributed by atoms with E-state index in [-0.39, 0.29) is 18.1 Å². The number of hydrogen-bond acceptors (Lipinski definition) is 5. The van der Waals surface area contributed by atoms with Crippen molar-refractivity contribution in [2.24, 2.45) is 0 Å². The van der Waals surface area contributed by atoms with Crippen LogP contribution in [-0.2, 0) is 9.47 Å². The molecule has 2 rings (SSSR count). The van der Waals surface area contributed by atoms with Gasteiger partial charge >= 0.3 is 0 Å². The van der Waals surface area contributed by atoms with Crippen LogP contribution in [0.5, 0.6) is 11.5 Å². The van der Waals surface area contributed by atoms with Gasteiger partial charge in [0.05, 0.1) is 25.9 Å². The van der Waals surface area contributed by atoms with Crippen molar-refractivity contribution >= 4 is 5.91 Å². The van der Waals surface area contributed by atoms with Crippen LogP contribution >= 0.6 is 0 Å². The lowest BCUT2D eigenvalue weighted by atomic mass is 10.1. The van der Waals surface area contributed by atoms with Crippen molar-refractivity contribution < 1.29 is 23.7 Å². The highest BCUT2D eigenvalue weighted by molar-refractivity contribution is 5.95. The molecule has 6 nitrogen and oxygen atoms in total. The molecule has 1 aromatic carbocycles. The highest BCUT2D eigenvalue weighted by Crippen LogP contribution is 2.28. The molecule has 0 spiro atoms. The summed E-state index contributed by atoms with van der Waals surface area (Å²) >= 11 is 0. The topological polar surface area (TPSA) is 66.0 Å². The standard InChI is InChI=1S/C18H25NO5/c1-4-9-24-15-8-7-13(10-16(15)22-5-2)18(20)19-14-11-21-12-17(14)23-6-3/h4,7-8,10,14,17H,1,5-6,9,11-12H2,2-3H3,(H,19,20)/t14-,17-/m0/s1. The number of benzene rings is 1. The van der Waals surface area contributed by atoms with E-state index >= 15 is 0 Å². The second-order valence-corrected chi connectivity index (χ2v) is 5.31. The Balaban J connectivity index is 2.08. The van der Waals surface area contributed by atoms with Crippen LogP contribution in [0.3, 0.4) is 0 Å². The molecule has 132 valence electrons. The van der Waals surface area contributed by atoms with E-state index in [0.717, 1.165) is 0 Å². The molecule has 0 saturated carbocycles. The van der Waals surface area contributed by atoms with Crippen molar-refractivity contribution in [2.75, 3.05) is 33.0 Å². The van der Waals surface area contributed by atoms with E-state index in [4.69, 9.17) is 18.9 Å².